The average Bonchev–Trinajstić information content (AvgIpc) is 2.87. The molecule has 0 amide bonds. The second-order valence-electron chi connectivity index (χ2n) is 8.50. The molecule has 2 fully saturated rings. The maximum atomic E-state index is 12.7. The molecule has 4 nitrogen and oxygen atoms in total. The molecule has 29 heavy (non-hydrogen) atoms. The minimum absolute atomic E-state index is 0.177. The third-order valence-electron chi connectivity index (χ3n) is 6.73. The zero-order valence-electron chi connectivity index (χ0n) is 17.0. The third-order valence-corrected chi connectivity index (χ3v) is 8.17. The highest BCUT2D eigenvalue weighted by molar-refractivity contribution is 7.89. The molecule has 2 aromatic carbocycles. The summed E-state index contributed by atoms with van der Waals surface area (Å²) in [4.78, 5) is 3.01. The second-order valence-corrected chi connectivity index (χ2v) is 10.3. The first-order valence-corrected chi connectivity index (χ1v) is 12.5. The van der Waals surface area contributed by atoms with Crippen LogP contribution < -0.4 is 4.72 Å². The van der Waals surface area contributed by atoms with E-state index in [9.17, 15) is 8.42 Å². The Bertz CT molecular complexity index is 870. The summed E-state index contributed by atoms with van der Waals surface area (Å²) in [5.74, 6) is 1.07. The lowest BCUT2D eigenvalue weighted by Crippen LogP contribution is -2.46. The number of hydrogen-bond donors (Lipinski definition) is 1. The molecule has 1 N–H and O–H groups in total. The van der Waals surface area contributed by atoms with E-state index in [0.29, 0.717) is 11.4 Å². The van der Waals surface area contributed by atoms with Crippen molar-refractivity contribution >= 4 is 10.0 Å². The molecule has 3 atom stereocenters. The predicted molar refractivity (Wildman–Crippen MR) is 117 cm³/mol. The van der Waals surface area contributed by atoms with Gasteiger partial charge in [0.2, 0.25) is 10.0 Å². The van der Waals surface area contributed by atoms with Gasteiger partial charge >= 0.3 is 0 Å². The monoisotopic (exact) mass is 412 g/mol. The molecular formula is C24H32N2O2S. The van der Waals surface area contributed by atoms with Crippen LogP contribution in [0.1, 0.15) is 50.0 Å². The van der Waals surface area contributed by atoms with Crippen LogP contribution in [0.25, 0.3) is 0 Å². The molecule has 4 rings (SSSR count). The summed E-state index contributed by atoms with van der Waals surface area (Å²) < 4.78 is 28.3. The minimum Gasteiger partial charge on any atom is -0.300 e. The predicted octanol–water partition coefficient (Wildman–Crippen LogP) is 4.40. The number of fused-ring (bicyclic) bond motifs is 1. The van der Waals surface area contributed by atoms with Gasteiger partial charge in [0, 0.05) is 12.6 Å². The lowest BCUT2D eigenvalue weighted by molar-refractivity contribution is 0.0715. The Morgan fingerprint density at radius 2 is 1.66 bits per heavy atom. The van der Waals surface area contributed by atoms with Gasteiger partial charge < -0.3 is 4.90 Å². The van der Waals surface area contributed by atoms with E-state index in [4.69, 9.17) is 0 Å². The SMILES string of the molecule is O=S(=O)(NCC(CCN1CCCC[C@@H]2CCC21)c1ccccc1)c1ccccc1. The summed E-state index contributed by atoms with van der Waals surface area (Å²) in [5.41, 5.74) is 1.21. The van der Waals surface area contributed by atoms with Gasteiger partial charge in [0.15, 0.2) is 0 Å². The van der Waals surface area contributed by atoms with Crippen molar-refractivity contribution in [2.45, 2.75) is 55.4 Å². The molecule has 156 valence electrons. The van der Waals surface area contributed by atoms with Crippen LogP contribution in [0.4, 0.5) is 0 Å². The maximum absolute atomic E-state index is 12.7. The van der Waals surface area contributed by atoms with E-state index in [1.54, 1.807) is 24.3 Å². The van der Waals surface area contributed by atoms with Crippen LogP contribution in [0.15, 0.2) is 65.6 Å². The van der Waals surface area contributed by atoms with Crippen molar-refractivity contribution in [3.63, 3.8) is 0 Å². The van der Waals surface area contributed by atoms with Crippen LogP contribution in [-0.4, -0.2) is 39.0 Å². The summed E-state index contributed by atoms with van der Waals surface area (Å²) in [6, 6.07) is 19.8. The summed E-state index contributed by atoms with van der Waals surface area (Å²) in [7, 11) is -3.48. The lowest BCUT2D eigenvalue weighted by atomic mass is 9.76. The van der Waals surface area contributed by atoms with Crippen molar-refractivity contribution in [1.29, 1.82) is 0 Å². The van der Waals surface area contributed by atoms with Crippen molar-refractivity contribution in [3.8, 4) is 0 Å². The summed E-state index contributed by atoms with van der Waals surface area (Å²) in [5, 5.41) is 0. The van der Waals surface area contributed by atoms with Crippen molar-refractivity contribution < 1.29 is 8.42 Å². The number of benzene rings is 2. The molecule has 0 aromatic heterocycles. The first-order valence-electron chi connectivity index (χ1n) is 11.0. The fourth-order valence-corrected chi connectivity index (χ4v) is 5.96. The lowest BCUT2D eigenvalue weighted by Gasteiger charge is -2.43. The first-order chi connectivity index (χ1) is 14.1. The molecule has 2 aliphatic rings. The molecule has 1 saturated heterocycles. The van der Waals surface area contributed by atoms with Gasteiger partial charge in [0.05, 0.1) is 4.90 Å². The van der Waals surface area contributed by atoms with E-state index in [1.165, 1.54) is 44.2 Å². The minimum atomic E-state index is -3.48. The van der Waals surface area contributed by atoms with Crippen molar-refractivity contribution in [2.24, 2.45) is 5.92 Å². The molecule has 2 aromatic rings. The molecule has 1 aliphatic heterocycles. The highest BCUT2D eigenvalue weighted by Gasteiger charge is 2.36. The largest absolute Gasteiger partial charge is 0.300 e. The van der Waals surface area contributed by atoms with Gasteiger partial charge in [-0.2, -0.15) is 0 Å². The van der Waals surface area contributed by atoms with Gasteiger partial charge in [-0.3, -0.25) is 0 Å². The Morgan fingerprint density at radius 3 is 2.34 bits per heavy atom. The Morgan fingerprint density at radius 1 is 0.931 bits per heavy atom. The topological polar surface area (TPSA) is 49.4 Å². The summed E-state index contributed by atoms with van der Waals surface area (Å²) in [6.07, 6.45) is 7.74. The van der Waals surface area contributed by atoms with Gasteiger partial charge in [-0.15, -0.1) is 0 Å². The maximum Gasteiger partial charge on any atom is 0.240 e. The number of hydrogen-bond acceptors (Lipinski definition) is 3. The summed E-state index contributed by atoms with van der Waals surface area (Å²) in [6.45, 7) is 2.68. The Labute approximate surface area is 175 Å². The van der Waals surface area contributed by atoms with E-state index in [0.717, 1.165) is 24.9 Å². The third kappa shape index (κ3) is 5.08. The Kier molecular flexibility index (Phi) is 6.68. The zero-order chi connectivity index (χ0) is 20.1. The second kappa shape index (κ2) is 9.41. The van der Waals surface area contributed by atoms with Crippen LogP contribution in [-0.2, 0) is 10.0 Å². The van der Waals surface area contributed by atoms with E-state index in [2.05, 4.69) is 21.8 Å². The van der Waals surface area contributed by atoms with E-state index < -0.39 is 10.0 Å². The van der Waals surface area contributed by atoms with Gasteiger partial charge in [-0.25, -0.2) is 13.1 Å². The Balaban J connectivity index is 1.43. The van der Waals surface area contributed by atoms with Crippen LogP contribution >= 0.6 is 0 Å². The van der Waals surface area contributed by atoms with Crippen molar-refractivity contribution in [3.05, 3.63) is 66.2 Å². The molecule has 0 radical (unpaired) electrons. The van der Waals surface area contributed by atoms with Crippen molar-refractivity contribution in [1.82, 2.24) is 9.62 Å². The number of likely N-dealkylation sites (tertiary alicyclic amines) is 1. The molecule has 5 heteroatoms. The number of nitrogens with zero attached hydrogens (tertiary/aromatic N) is 1. The van der Waals surface area contributed by atoms with Gasteiger partial charge in [0.25, 0.3) is 0 Å². The fourth-order valence-electron chi connectivity index (χ4n) is 4.86. The van der Waals surface area contributed by atoms with Crippen molar-refractivity contribution in [2.75, 3.05) is 19.6 Å². The standard InChI is InChI=1S/C24H32N2O2S/c27-29(28,23-12-5-2-6-13-23)25-19-22(20-9-3-1-4-10-20)16-18-26-17-8-7-11-21-14-15-24(21)26/h1-6,9-10,12-13,21-22,24-25H,7-8,11,14-19H2/t21-,22?,24?/m1/s1. The number of rotatable bonds is 8. The highest BCUT2D eigenvalue weighted by atomic mass is 32.2. The molecule has 0 bridgehead atoms. The molecule has 1 heterocycles. The quantitative estimate of drug-likeness (QED) is 0.699. The van der Waals surface area contributed by atoms with Crippen LogP contribution in [0.3, 0.4) is 0 Å². The molecule has 1 aliphatic carbocycles. The summed E-state index contributed by atoms with van der Waals surface area (Å²) >= 11 is 0. The van der Waals surface area contributed by atoms with Crippen LogP contribution in [0.2, 0.25) is 0 Å². The molecule has 1 saturated carbocycles. The average molecular weight is 413 g/mol. The van der Waals surface area contributed by atoms with Gasteiger partial charge in [-0.05, 0) is 74.7 Å². The van der Waals surface area contributed by atoms with Crippen LogP contribution in [0, 0.1) is 5.92 Å². The van der Waals surface area contributed by atoms with E-state index in [1.807, 2.05) is 24.3 Å². The highest BCUT2D eigenvalue weighted by Crippen LogP contribution is 2.38. The number of nitrogens with one attached hydrogen (secondary N) is 1. The van der Waals surface area contributed by atoms with Crippen LogP contribution in [0.5, 0.6) is 0 Å². The van der Waals surface area contributed by atoms with E-state index >= 15 is 0 Å². The van der Waals surface area contributed by atoms with Gasteiger partial charge in [0.1, 0.15) is 0 Å². The normalized spacial score (nSPS) is 23.6. The molecular weight excluding hydrogens is 380 g/mol. The van der Waals surface area contributed by atoms with E-state index in [-0.39, 0.29) is 5.92 Å². The smallest absolute Gasteiger partial charge is 0.240 e. The number of sulfonamides is 1. The first kappa shape index (κ1) is 20.6. The van der Waals surface area contributed by atoms with Gasteiger partial charge in [-0.1, -0.05) is 55.0 Å². The fraction of sp³-hybridized carbons (Fsp3) is 0.500. The Hall–Kier alpha value is -1.69. The molecule has 0 spiro atoms. The molecule has 2 unspecified atom stereocenters. The zero-order valence-corrected chi connectivity index (χ0v) is 17.9.